The molecule has 1 spiro atoms. The average molecular weight is 351 g/mol. The fourth-order valence-corrected chi connectivity index (χ4v) is 3.91. The number of hydrogen-bond acceptors (Lipinski definition) is 4. The molecule has 1 aliphatic heterocycles. The molecule has 1 atom stereocenters. The van der Waals surface area contributed by atoms with E-state index in [0.717, 1.165) is 38.9 Å². The first-order valence-electron chi connectivity index (χ1n) is 9.28. The van der Waals surface area contributed by atoms with Crippen molar-refractivity contribution in [3.63, 3.8) is 0 Å². The van der Waals surface area contributed by atoms with Crippen LogP contribution in [-0.2, 0) is 0 Å². The van der Waals surface area contributed by atoms with Crippen LogP contribution >= 0.6 is 0 Å². The van der Waals surface area contributed by atoms with Crippen LogP contribution in [0.3, 0.4) is 0 Å². The van der Waals surface area contributed by atoms with E-state index in [4.69, 9.17) is 0 Å². The molecular weight excluding hydrogens is 326 g/mol. The van der Waals surface area contributed by atoms with Crippen molar-refractivity contribution in [3.8, 4) is 0 Å². The molecule has 1 saturated heterocycles. The van der Waals surface area contributed by atoms with Crippen molar-refractivity contribution in [2.45, 2.75) is 32.2 Å². The summed E-state index contributed by atoms with van der Waals surface area (Å²) in [5, 5.41) is 13.5. The maximum Gasteiger partial charge on any atom is 0.273 e. The van der Waals surface area contributed by atoms with E-state index in [1.54, 1.807) is 6.92 Å². The number of nitrogens with one attached hydrogen (secondary N) is 2. The third-order valence-electron chi connectivity index (χ3n) is 5.76. The van der Waals surface area contributed by atoms with Gasteiger partial charge in [-0.2, -0.15) is 15.4 Å². The van der Waals surface area contributed by atoms with Crippen molar-refractivity contribution in [2.24, 2.45) is 5.41 Å². The van der Waals surface area contributed by atoms with Crippen LogP contribution in [0.4, 0.5) is 0 Å². The second-order valence-corrected chi connectivity index (χ2v) is 7.46. The first-order valence-corrected chi connectivity index (χ1v) is 9.28. The zero-order chi connectivity index (χ0) is 18.0. The quantitative estimate of drug-likeness (QED) is 0.868. The Kier molecular flexibility index (Phi) is 4.59. The number of rotatable bonds is 5. The number of amides is 1. The number of benzene rings is 1. The average Bonchev–Trinajstić information content (AvgIpc) is 3.10. The molecule has 2 heterocycles. The van der Waals surface area contributed by atoms with Gasteiger partial charge < -0.3 is 5.32 Å². The largest absolute Gasteiger partial charge is 0.347 e. The summed E-state index contributed by atoms with van der Waals surface area (Å²) in [6.45, 7) is 4.96. The summed E-state index contributed by atoms with van der Waals surface area (Å²) < 4.78 is 0. The van der Waals surface area contributed by atoms with E-state index in [0.29, 0.717) is 16.8 Å². The number of likely N-dealkylation sites (tertiary alicyclic amines) is 1. The zero-order valence-electron chi connectivity index (χ0n) is 15.1. The Balaban J connectivity index is 1.24. The van der Waals surface area contributed by atoms with Crippen molar-refractivity contribution >= 4 is 12.0 Å². The maximum absolute atomic E-state index is 12.3. The number of nitrogens with zero attached hydrogens (tertiary/aromatic N) is 3. The van der Waals surface area contributed by atoms with Gasteiger partial charge in [0.25, 0.3) is 5.91 Å². The zero-order valence-corrected chi connectivity index (χ0v) is 15.1. The standard InChI is InChI=1S/C20H25N5O/c1-15-18(23-24-22-15)19(26)21-17-14-20(17)9-12-25(13-10-20)11-5-8-16-6-3-2-4-7-16/h2-8,17H,9-14H2,1H3,(H,21,26)(H,22,23,24)/b8-5+. The smallest absolute Gasteiger partial charge is 0.273 e. The highest BCUT2D eigenvalue weighted by molar-refractivity contribution is 5.93. The van der Waals surface area contributed by atoms with E-state index >= 15 is 0 Å². The van der Waals surface area contributed by atoms with Crippen molar-refractivity contribution in [1.82, 2.24) is 25.6 Å². The molecule has 0 radical (unpaired) electrons. The van der Waals surface area contributed by atoms with E-state index in [9.17, 15) is 4.79 Å². The van der Waals surface area contributed by atoms with Crippen LogP contribution < -0.4 is 5.32 Å². The third kappa shape index (κ3) is 3.55. The van der Waals surface area contributed by atoms with Crippen LogP contribution in [0.15, 0.2) is 36.4 Å². The second-order valence-electron chi connectivity index (χ2n) is 7.46. The number of piperidine rings is 1. The maximum atomic E-state index is 12.3. The summed E-state index contributed by atoms with van der Waals surface area (Å²) in [6.07, 6.45) is 7.81. The second kappa shape index (κ2) is 7.03. The molecule has 1 saturated carbocycles. The molecule has 1 aromatic carbocycles. The highest BCUT2D eigenvalue weighted by Gasteiger charge is 2.55. The Morgan fingerprint density at radius 1 is 1.31 bits per heavy atom. The van der Waals surface area contributed by atoms with Gasteiger partial charge in [0, 0.05) is 12.6 Å². The number of carbonyl (C=O) groups excluding carboxylic acids is 1. The van der Waals surface area contributed by atoms with Crippen LogP contribution in [-0.4, -0.2) is 51.9 Å². The highest BCUT2D eigenvalue weighted by Crippen LogP contribution is 2.53. The molecule has 1 amide bonds. The molecule has 26 heavy (non-hydrogen) atoms. The van der Waals surface area contributed by atoms with E-state index < -0.39 is 0 Å². The van der Waals surface area contributed by atoms with Gasteiger partial charge in [-0.25, -0.2) is 0 Å². The summed E-state index contributed by atoms with van der Waals surface area (Å²) in [4.78, 5) is 14.8. The van der Waals surface area contributed by atoms with Gasteiger partial charge >= 0.3 is 0 Å². The minimum Gasteiger partial charge on any atom is -0.347 e. The van der Waals surface area contributed by atoms with Gasteiger partial charge in [0.2, 0.25) is 0 Å². The van der Waals surface area contributed by atoms with Crippen molar-refractivity contribution in [3.05, 3.63) is 53.4 Å². The molecule has 2 fully saturated rings. The van der Waals surface area contributed by atoms with Crippen molar-refractivity contribution in [1.29, 1.82) is 0 Å². The fourth-order valence-electron chi connectivity index (χ4n) is 3.91. The van der Waals surface area contributed by atoms with Crippen LogP contribution in [0.25, 0.3) is 6.08 Å². The van der Waals surface area contributed by atoms with E-state index in [1.165, 1.54) is 5.56 Å². The Labute approximate surface area is 153 Å². The minimum atomic E-state index is -0.105. The molecule has 2 aromatic rings. The summed E-state index contributed by atoms with van der Waals surface area (Å²) in [5.41, 5.74) is 2.61. The number of aryl methyl sites for hydroxylation is 1. The Morgan fingerprint density at radius 2 is 2.08 bits per heavy atom. The predicted octanol–water partition coefficient (Wildman–Crippen LogP) is 2.41. The molecule has 6 nitrogen and oxygen atoms in total. The van der Waals surface area contributed by atoms with Gasteiger partial charge in [-0.1, -0.05) is 42.5 Å². The molecular formula is C20H25N5O. The lowest BCUT2D eigenvalue weighted by atomic mass is 9.92. The molecule has 136 valence electrons. The lowest BCUT2D eigenvalue weighted by Crippen LogP contribution is -2.39. The lowest BCUT2D eigenvalue weighted by molar-refractivity contribution is 0.0931. The third-order valence-corrected chi connectivity index (χ3v) is 5.76. The minimum absolute atomic E-state index is 0.105. The lowest BCUT2D eigenvalue weighted by Gasteiger charge is -2.32. The molecule has 4 rings (SSSR count). The first-order chi connectivity index (χ1) is 12.7. The summed E-state index contributed by atoms with van der Waals surface area (Å²) >= 11 is 0. The van der Waals surface area contributed by atoms with Gasteiger partial charge in [-0.3, -0.25) is 9.69 Å². The highest BCUT2D eigenvalue weighted by atomic mass is 16.2. The van der Waals surface area contributed by atoms with Crippen LogP contribution in [0.5, 0.6) is 0 Å². The van der Waals surface area contributed by atoms with Crippen molar-refractivity contribution in [2.75, 3.05) is 19.6 Å². The Bertz CT molecular complexity index is 790. The van der Waals surface area contributed by atoms with E-state index in [1.807, 2.05) is 6.07 Å². The number of aromatic nitrogens is 3. The number of H-pyrrole nitrogens is 1. The summed E-state index contributed by atoms with van der Waals surface area (Å²) in [7, 11) is 0. The van der Waals surface area contributed by atoms with Gasteiger partial charge in [0.1, 0.15) is 0 Å². The van der Waals surface area contributed by atoms with Crippen LogP contribution in [0.2, 0.25) is 0 Å². The number of hydrogen-bond donors (Lipinski definition) is 2. The molecule has 1 unspecified atom stereocenters. The van der Waals surface area contributed by atoms with Crippen LogP contribution in [0.1, 0.15) is 41.0 Å². The molecule has 0 bridgehead atoms. The SMILES string of the molecule is Cc1n[nH]nc1C(=O)NC1CC12CCN(C/C=C/c1ccccc1)CC2. The molecule has 6 heteroatoms. The molecule has 1 aromatic heterocycles. The molecule has 2 aliphatic rings. The van der Waals surface area contributed by atoms with E-state index in [2.05, 4.69) is 62.0 Å². The number of aromatic amines is 1. The van der Waals surface area contributed by atoms with Crippen molar-refractivity contribution < 1.29 is 4.79 Å². The van der Waals surface area contributed by atoms with E-state index in [-0.39, 0.29) is 11.9 Å². The normalized spacial score (nSPS) is 22.0. The van der Waals surface area contributed by atoms with Gasteiger partial charge in [0.05, 0.1) is 5.69 Å². The Morgan fingerprint density at radius 3 is 2.77 bits per heavy atom. The Hall–Kier alpha value is -2.47. The number of carbonyl (C=O) groups is 1. The van der Waals surface area contributed by atoms with Gasteiger partial charge in [-0.05, 0) is 50.3 Å². The van der Waals surface area contributed by atoms with Gasteiger partial charge in [0.15, 0.2) is 5.69 Å². The molecule has 2 N–H and O–H groups in total. The molecule has 1 aliphatic carbocycles. The monoisotopic (exact) mass is 351 g/mol. The summed E-state index contributed by atoms with van der Waals surface area (Å²) in [6, 6.07) is 10.7. The first kappa shape index (κ1) is 17.0. The summed E-state index contributed by atoms with van der Waals surface area (Å²) in [5.74, 6) is -0.105. The van der Waals surface area contributed by atoms with Crippen LogP contribution in [0, 0.1) is 12.3 Å². The topological polar surface area (TPSA) is 73.9 Å². The van der Waals surface area contributed by atoms with Gasteiger partial charge in [-0.15, -0.1) is 0 Å². The fraction of sp³-hybridized carbons (Fsp3) is 0.450. The predicted molar refractivity (Wildman–Crippen MR) is 101 cm³/mol.